The summed E-state index contributed by atoms with van der Waals surface area (Å²) in [5, 5.41) is 18.7. The van der Waals surface area contributed by atoms with E-state index in [0.29, 0.717) is 19.4 Å². The van der Waals surface area contributed by atoms with Crippen LogP contribution in [0.2, 0.25) is 0 Å². The van der Waals surface area contributed by atoms with Gasteiger partial charge in [0, 0.05) is 32.7 Å². The standard InChI is InChI=1S/C8H13N3O3/c1-6(12)9-5-4-8(10-11-8)3-2-7(13)14/h2-5H2,1H3,(H,9,12)(H,13,14). The first kappa shape index (κ1) is 10.6. The zero-order valence-electron chi connectivity index (χ0n) is 7.99. The first-order valence-corrected chi connectivity index (χ1v) is 4.44. The summed E-state index contributed by atoms with van der Waals surface area (Å²) in [6, 6.07) is 0. The van der Waals surface area contributed by atoms with Crippen molar-refractivity contribution in [2.75, 3.05) is 6.54 Å². The molecule has 0 bridgehead atoms. The Kier molecular flexibility index (Phi) is 3.16. The molecule has 0 atom stereocenters. The minimum absolute atomic E-state index is 0.0626. The van der Waals surface area contributed by atoms with Gasteiger partial charge in [-0.25, -0.2) is 0 Å². The Balaban J connectivity index is 2.16. The third-order valence-corrected chi connectivity index (χ3v) is 2.02. The summed E-state index contributed by atoms with van der Waals surface area (Å²) in [4.78, 5) is 20.9. The van der Waals surface area contributed by atoms with Gasteiger partial charge in [0.25, 0.3) is 0 Å². The Labute approximate surface area is 81.4 Å². The normalized spacial score (nSPS) is 16.4. The second-order valence-corrected chi connectivity index (χ2v) is 3.31. The molecule has 0 fully saturated rings. The van der Waals surface area contributed by atoms with E-state index in [1.807, 2.05) is 0 Å². The lowest BCUT2D eigenvalue weighted by Gasteiger charge is -2.08. The van der Waals surface area contributed by atoms with Gasteiger partial charge in [0.15, 0.2) is 5.66 Å². The van der Waals surface area contributed by atoms with Crippen LogP contribution in [-0.4, -0.2) is 29.2 Å². The molecule has 0 saturated carbocycles. The van der Waals surface area contributed by atoms with E-state index >= 15 is 0 Å². The van der Waals surface area contributed by atoms with Gasteiger partial charge in [0.1, 0.15) is 0 Å². The first-order chi connectivity index (χ1) is 6.54. The third kappa shape index (κ3) is 3.51. The summed E-state index contributed by atoms with van der Waals surface area (Å²) >= 11 is 0. The van der Waals surface area contributed by atoms with Crippen molar-refractivity contribution in [2.24, 2.45) is 10.2 Å². The van der Waals surface area contributed by atoms with Crippen molar-refractivity contribution < 1.29 is 14.7 Å². The van der Waals surface area contributed by atoms with Crippen LogP contribution in [0.4, 0.5) is 0 Å². The van der Waals surface area contributed by atoms with Gasteiger partial charge < -0.3 is 10.4 Å². The first-order valence-electron chi connectivity index (χ1n) is 4.44. The molecule has 0 aromatic carbocycles. The monoisotopic (exact) mass is 199 g/mol. The van der Waals surface area contributed by atoms with E-state index in [9.17, 15) is 9.59 Å². The van der Waals surface area contributed by atoms with E-state index < -0.39 is 11.6 Å². The highest BCUT2D eigenvalue weighted by molar-refractivity contribution is 5.72. The van der Waals surface area contributed by atoms with Gasteiger partial charge in [-0.1, -0.05) is 0 Å². The summed E-state index contributed by atoms with van der Waals surface area (Å²) in [6.07, 6.45) is 1.06. The predicted molar refractivity (Wildman–Crippen MR) is 47.8 cm³/mol. The van der Waals surface area contributed by atoms with Crippen LogP contribution in [-0.2, 0) is 9.59 Å². The molecule has 6 heteroatoms. The quantitative estimate of drug-likeness (QED) is 0.654. The molecular weight excluding hydrogens is 186 g/mol. The number of rotatable bonds is 6. The second-order valence-electron chi connectivity index (χ2n) is 3.31. The van der Waals surface area contributed by atoms with Crippen LogP contribution >= 0.6 is 0 Å². The number of aliphatic carboxylic acids is 1. The fourth-order valence-corrected chi connectivity index (χ4v) is 1.14. The lowest BCUT2D eigenvalue weighted by atomic mass is 10.0. The Morgan fingerprint density at radius 3 is 2.43 bits per heavy atom. The molecule has 0 spiro atoms. The van der Waals surface area contributed by atoms with Crippen LogP contribution in [0.25, 0.3) is 0 Å². The number of carboxylic acids is 1. The molecule has 0 aromatic rings. The smallest absolute Gasteiger partial charge is 0.303 e. The van der Waals surface area contributed by atoms with Gasteiger partial charge in [-0.2, -0.15) is 10.2 Å². The van der Waals surface area contributed by atoms with Crippen LogP contribution in [0.3, 0.4) is 0 Å². The highest BCUT2D eigenvalue weighted by Crippen LogP contribution is 2.36. The molecular formula is C8H13N3O3. The minimum atomic E-state index is -0.846. The van der Waals surface area contributed by atoms with E-state index in [0.717, 1.165) is 0 Å². The number of carboxylic acid groups (broad SMARTS) is 1. The van der Waals surface area contributed by atoms with Crippen molar-refractivity contribution in [3.63, 3.8) is 0 Å². The Hall–Kier alpha value is -1.46. The van der Waals surface area contributed by atoms with Crippen LogP contribution in [0, 0.1) is 0 Å². The molecule has 0 radical (unpaired) electrons. The van der Waals surface area contributed by atoms with Gasteiger partial charge in [-0.15, -0.1) is 0 Å². The van der Waals surface area contributed by atoms with E-state index in [4.69, 9.17) is 5.11 Å². The van der Waals surface area contributed by atoms with Gasteiger partial charge in [-0.3, -0.25) is 9.59 Å². The molecule has 1 aliphatic heterocycles. The number of carbonyl (C=O) groups is 2. The van der Waals surface area contributed by atoms with Crippen molar-refractivity contribution in [1.29, 1.82) is 0 Å². The van der Waals surface area contributed by atoms with Crippen molar-refractivity contribution >= 4 is 11.9 Å². The number of nitrogens with one attached hydrogen (secondary N) is 1. The average Bonchev–Trinajstić information content (AvgIpc) is 2.82. The number of carbonyl (C=O) groups excluding carboxylic acids is 1. The SMILES string of the molecule is CC(=O)NCCC1(CCC(=O)O)N=N1. The maximum atomic E-state index is 10.5. The zero-order valence-corrected chi connectivity index (χ0v) is 7.99. The fourth-order valence-electron chi connectivity index (χ4n) is 1.14. The minimum Gasteiger partial charge on any atom is -0.481 e. The molecule has 1 aliphatic rings. The predicted octanol–water partition coefficient (Wildman–Crippen LogP) is 0.540. The van der Waals surface area contributed by atoms with Gasteiger partial charge in [0.05, 0.1) is 0 Å². The summed E-state index contributed by atoms with van der Waals surface area (Å²) in [5.41, 5.74) is -0.527. The molecule has 78 valence electrons. The summed E-state index contributed by atoms with van der Waals surface area (Å²) in [7, 11) is 0. The summed E-state index contributed by atoms with van der Waals surface area (Å²) in [6.45, 7) is 1.92. The maximum absolute atomic E-state index is 10.5. The molecule has 0 aliphatic carbocycles. The molecule has 1 rings (SSSR count). The summed E-state index contributed by atoms with van der Waals surface area (Å²) in [5.74, 6) is -0.944. The van der Waals surface area contributed by atoms with E-state index in [-0.39, 0.29) is 12.3 Å². The summed E-state index contributed by atoms with van der Waals surface area (Å²) < 4.78 is 0. The van der Waals surface area contributed by atoms with Crippen LogP contribution in [0.15, 0.2) is 10.2 Å². The van der Waals surface area contributed by atoms with Crippen molar-refractivity contribution in [2.45, 2.75) is 31.8 Å². The number of hydrogen-bond donors (Lipinski definition) is 2. The van der Waals surface area contributed by atoms with Crippen LogP contribution < -0.4 is 5.32 Å². The van der Waals surface area contributed by atoms with Crippen LogP contribution in [0.5, 0.6) is 0 Å². The number of amides is 1. The van der Waals surface area contributed by atoms with E-state index in [1.54, 1.807) is 0 Å². The van der Waals surface area contributed by atoms with Crippen molar-refractivity contribution in [3.8, 4) is 0 Å². The molecule has 14 heavy (non-hydrogen) atoms. The second kappa shape index (κ2) is 4.17. The van der Waals surface area contributed by atoms with Crippen molar-refractivity contribution in [1.82, 2.24) is 5.32 Å². The third-order valence-electron chi connectivity index (χ3n) is 2.02. The lowest BCUT2D eigenvalue weighted by molar-refractivity contribution is -0.137. The molecule has 0 unspecified atom stereocenters. The number of hydrogen-bond acceptors (Lipinski definition) is 4. The maximum Gasteiger partial charge on any atom is 0.303 e. The Morgan fingerprint density at radius 2 is 2.00 bits per heavy atom. The van der Waals surface area contributed by atoms with Gasteiger partial charge in [0.2, 0.25) is 5.91 Å². The largest absolute Gasteiger partial charge is 0.481 e. The lowest BCUT2D eigenvalue weighted by Crippen LogP contribution is -2.26. The highest BCUT2D eigenvalue weighted by Gasteiger charge is 2.39. The molecule has 0 saturated heterocycles. The van der Waals surface area contributed by atoms with Crippen molar-refractivity contribution in [3.05, 3.63) is 0 Å². The Morgan fingerprint density at radius 1 is 1.36 bits per heavy atom. The zero-order chi connectivity index (χ0) is 10.6. The van der Waals surface area contributed by atoms with Gasteiger partial charge >= 0.3 is 5.97 Å². The highest BCUT2D eigenvalue weighted by atomic mass is 16.4. The molecule has 1 amide bonds. The number of nitrogens with zero attached hydrogens (tertiary/aromatic N) is 2. The molecule has 2 N–H and O–H groups in total. The fraction of sp³-hybridized carbons (Fsp3) is 0.750. The molecule has 0 aromatic heterocycles. The molecule has 1 heterocycles. The van der Waals surface area contributed by atoms with Gasteiger partial charge in [-0.05, 0) is 0 Å². The topological polar surface area (TPSA) is 91.1 Å². The van der Waals surface area contributed by atoms with E-state index in [2.05, 4.69) is 15.5 Å². The van der Waals surface area contributed by atoms with Crippen LogP contribution in [0.1, 0.15) is 26.2 Å². The Bertz CT molecular complexity index is 269. The van der Waals surface area contributed by atoms with E-state index in [1.165, 1.54) is 6.92 Å². The average molecular weight is 199 g/mol. The molecule has 6 nitrogen and oxygen atoms in total.